The van der Waals surface area contributed by atoms with Crippen molar-refractivity contribution in [2.24, 2.45) is 0 Å². The summed E-state index contributed by atoms with van der Waals surface area (Å²) < 4.78 is 7.21. The molecular weight excluding hydrogens is 1810 g/mol. The van der Waals surface area contributed by atoms with E-state index in [4.69, 9.17) is 12.8 Å². The molecule has 3 heterocycles. The zero-order chi connectivity index (χ0) is 102. The Labute approximate surface area is 907 Å². The molecule has 0 spiro atoms. The van der Waals surface area contributed by atoms with Gasteiger partial charge in [0.15, 0.2) is 0 Å². The Morgan fingerprint density at radius 3 is 1.05 bits per heavy atom. The average molecular weight is 1960 g/mol. The van der Waals surface area contributed by atoms with Crippen molar-refractivity contribution in [2.75, 3.05) is 9.80 Å². The second-order valence-electron chi connectivity index (χ2n) is 39.1. The van der Waals surface area contributed by atoms with Gasteiger partial charge in [0.2, 0.25) is 0 Å². The summed E-state index contributed by atoms with van der Waals surface area (Å²) in [5.41, 5.74) is 41.7. The van der Waals surface area contributed by atoms with Crippen LogP contribution in [0.2, 0.25) is 0 Å². The van der Waals surface area contributed by atoms with Crippen LogP contribution in [0.4, 0.5) is 34.1 Å². The van der Waals surface area contributed by atoms with E-state index in [1.165, 1.54) is 128 Å². The molecule has 19 aromatic carbocycles. The fourth-order valence-corrected chi connectivity index (χ4v) is 21.6. The van der Waals surface area contributed by atoms with Crippen LogP contribution in [-0.4, -0.2) is 13.7 Å². The second kappa shape index (κ2) is 42.1. The van der Waals surface area contributed by atoms with Gasteiger partial charge in [-0.05, 0) is 418 Å². The lowest BCUT2D eigenvalue weighted by Gasteiger charge is -2.26. The number of para-hydroxylation sites is 4. The van der Waals surface area contributed by atoms with Crippen LogP contribution in [0.3, 0.4) is 0 Å². The molecule has 5 nitrogen and oxygen atoms in total. The van der Waals surface area contributed by atoms with Crippen molar-refractivity contribution in [1.29, 1.82) is 0 Å². The number of aryl methyl sites for hydroxylation is 6. The highest BCUT2D eigenvalue weighted by Gasteiger charge is 2.43. The number of nitrogens with zero attached hydrogens (tertiary/aromatic N) is 5. The lowest BCUT2D eigenvalue weighted by atomic mass is 9.78. The van der Waals surface area contributed by atoms with E-state index in [1.807, 2.05) is 12.1 Å². The third-order valence-electron chi connectivity index (χ3n) is 29.8. The Kier molecular flexibility index (Phi) is 26.8. The molecule has 0 radical (unpaired) electrons. The van der Waals surface area contributed by atoms with Gasteiger partial charge in [0, 0.05) is 109 Å². The lowest BCUT2D eigenvalue weighted by molar-refractivity contribution is 0.725. The molecule has 0 amide bonds. The fraction of sp³-hybridized carbons (Fsp3) is 0.103. The number of anilines is 6. The molecule has 2 atom stereocenters. The van der Waals surface area contributed by atoms with Gasteiger partial charge in [-0.2, -0.15) is 0 Å². The molecule has 2 unspecified atom stereocenters. The maximum atomic E-state index is 5.47. The predicted octanol–water partition coefficient (Wildman–Crippen LogP) is 40.0. The summed E-state index contributed by atoms with van der Waals surface area (Å²) in [7, 11) is 0. The molecule has 748 valence electrons. The second-order valence-corrected chi connectivity index (χ2v) is 39.1. The zero-order valence-corrected chi connectivity index (χ0v) is 85.4. The minimum atomic E-state index is -1.23. The molecule has 3 aromatic heterocycles. The van der Waals surface area contributed by atoms with Gasteiger partial charge in [0.05, 0.1) is 33.1 Å². The highest BCUT2D eigenvalue weighted by atomic mass is 15.1. The van der Waals surface area contributed by atoms with Crippen molar-refractivity contribution in [3.63, 3.8) is 0 Å². The van der Waals surface area contributed by atoms with E-state index in [-0.39, 0.29) is 25.7 Å². The number of rotatable bonds is 21. The van der Waals surface area contributed by atoms with Gasteiger partial charge in [-0.1, -0.05) is 311 Å². The number of aromatic nitrogens is 3. The monoisotopic (exact) mass is 1950 g/mol. The maximum absolute atomic E-state index is 5.47. The summed E-state index contributed by atoms with van der Waals surface area (Å²) in [6, 6.07) is 157. The first kappa shape index (κ1) is 95.5. The van der Waals surface area contributed by atoms with Gasteiger partial charge in [-0.25, -0.2) is 0 Å². The highest BCUT2D eigenvalue weighted by molar-refractivity contribution is 6.15. The lowest BCUT2D eigenvalue weighted by Crippen LogP contribution is -2.21. The molecule has 0 saturated heterocycles. The molecule has 0 bridgehead atoms. The van der Waals surface area contributed by atoms with Gasteiger partial charge < -0.3 is 23.5 Å². The van der Waals surface area contributed by atoms with Crippen LogP contribution >= 0.6 is 0 Å². The Hall–Kier alpha value is -19.3. The van der Waals surface area contributed by atoms with E-state index in [0.29, 0.717) is 11.8 Å². The maximum Gasteiger partial charge on any atom is 0.145 e. The standard InChI is InChI=1S/C85H51N3.C60H56N2.18H2/c1-5-7-9-11-13-24-56-85(57-25-14-12-10-8-6-2)81-59-69(67-40-50-75(51-41-67)87(71-30-22-17-23-31-71)73-46-34-63(4)35-47-73)42-54-77(81)78-61-84-80(60-82(78)85)79-58-68(64-26-18-15-19-27-64)43-55-83(79)88(84)76-52-38-66(39-53-76)65-36-48-74(49-37-65)86(70-28-20-16-21-29-70)72-44-32-62(3)33-45-72;1-7-40(4)53-35-43(20-19-42(53)6)21-22-44-23-32-50(54(36-44)41(5)8-2)45-24-30-49(31-25-45)62-58-16-12-10-14-52(58)56-38-47(27-34-60(56)62)46-26-33-59-55(37-46)51-13-9-11-15-57(51)61(59)48-28-17-39(3)18-29-48;;;;;;;;;;;;;;;;;;/h1-2,15-23,26-55,58-61H,3-4H3;9-20,23-38,40-41H,7-8,21-22H2,1-6H3;18*1H. The first-order valence-corrected chi connectivity index (χ1v) is 51.6. The van der Waals surface area contributed by atoms with Crippen molar-refractivity contribution in [2.45, 2.75) is 98.3 Å². The Morgan fingerprint density at radius 1 is 0.253 bits per heavy atom. The van der Waals surface area contributed by atoms with E-state index >= 15 is 0 Å². The molecular formula is C145H143N5. The van der Waals surface area contributed by atoms with Crippen LogP contribution < -0.4 is 9.80 Å². The summed E-state index contributed by atoms with van der Waals surface area (Å²) in [6.45, 7) is 17.9. The minimum absolute atomic E-state index is 0. The van der Waals surface area contributed by atoms with Crippen molar-refractivity contribution in [3.8, 4) is 180 Å². The number of hydrogen-bond donors (Lipinski definition) is 0. The van der Waals surface area contributed by atoms with Crippen LogP contribution in [0.25, 0.3) is 149 Å². The molecule has 0 saturated carbocycles. The van der Waals surface area contributed by atoms with Gasteiger partial charge in [0.1, 0.15) is 5.41 Å². The minimum Gasteiger partial charge on any atom is -0.311 e. The molecule has 1 aliphatic rings. The first-order chi connectivity index (χ1) is 73.7. The normalized spacial score (nSPS) is 11.8. The highest BCUT2D eigenvalue weighted by Crippen LogP contribution is 2.54. The summed E-state index contributed by atoms with van der Waals surface area (Å²) in [6.07, 6.45) is 15.3. The van der Waals surface area contributed by atoms with Crippen LogP contribution in [-0.2, 0) is 18.3 Å². The Bertz CT molecular complexity index is 9500. The third kappa shape index (κ3) is 18.8. The van der Waals surface area contributed by atoms with Gasteiger partial charge in [0.25, 0.3) is 0 Å². The van der Waals surface area contributed by atoms with Gasteiger partial charge in [-0.15, -0.1) is 12.8 Å². The van der Waals surface area contributed by atoms with Crippen molar-refractivity contribution >= 4 is 99.5 Å². The topological polar surface area (TPSA) is 21.3 Å². The number of terminal acetylenes is 2. The van der Waals surface area contributed by atoms with Crippen LogP contribution in [0.1, 0.15) is 134 Å². The number of fused-ring (bicyclic) bond motifs is 12. The molecule has 1 aliphatic carbocycles. The van der Waals surface area contributed by atoms with E-state index in [9.17, 15) is 0 Å². The SMILES string of the molecule is C#CC#CC#CC#CC1(C#CC#CC#CC#C)c2cc(-c3ccc(N(c4ccccc4)c4ccc(C)cc4)cc3)ccc2-c2cc3c(cc21)c1cc(-c2ccccc2)ccc1n3-c1ccc(-c2ccc(N(c3ccccc3)c3ccc(C)cc3)cc2)cc1.CCC(C)c1cc(CCc2ccc(-c3ccc(-n4c5ccccc5c5cc(-c6ccc7c(c6)c6ccccc6n7-c6ccc(C)cc6)ccc54)cc3)c(C(C)CC)c2)ccc1C.[HH].[HH].[HH].[HH].[HH].[HH].[HH].[HH].[HH].[HH].[HH].[HH].[HH].[HH].[HH].[HH].[HH].[HH]. The van der Waals surface area contributed by atoms with Crippen LogP contribution in [0, 0.1) is 123 Å². The third-order valence-corrected chi connectivity index (χ3v) is 29.8. The largest absolute Gasteiger partial charge is 0.311 e. The molecule has 0 aliphatic heterocycles. The van der Waals surface area contributed by atoms with Crippen LogP contribution in [0.5, 0.6) is 0 Å². The fourth-order valence-electron chi connectivity index (χ4n) is 21.6. The molecule has 0 N–H and O–H groups in total. The van der Waals surface area contributed by atoms with Crippen LogP contribution in [0.15, 0.2) is 431 Å². The van der Waals surface area contributed by atoms with Gasteiger partial charge in [-0.3, -0.25) is 0 Å². The Morgan fingerprint density at radius 2 is 0.573 bits per heavy atom. The molecule has 23 rings (SSSR count). The zero-order valence-electron chi connectivity index (χ0n) is 85.4. The quantitative estimate of drug-likeness (QED) is 0.0669. The molecule has 0 fully saturated rings. The van der Waals surface area contributed by atoms with E-state index in [0.717, 1.165) is 137 Å². The van der Waals surface area contributed by atoms with Gasteiger partial charge >= 0.3 is 0 Å². The van der Waals surface area contributed by atoms with E-state index in [2.05, 4.69) is 580 Å². The van der Waals surface area contributed by atoms with E-state index in [1.54, 1.807) is 0 Å². The average Bonchev–Trinajstić information content (AvgIpc) is 1.53. The van der Waals surface area contributed by atoms with Crippen molar-refractivity contribution < 1.29 is 25.7 Å². The smallest absolute Gasteiger partial charge is 0.145 e. The first-order valence-electron chi connectivity index (χ1n) is 51.6. The Balaban J connectivity index is 0.000000657. The van der Waals surface area contributed by atoms with E-state index < -0.39 is 5.41 Å². The molecule has 150 heavy (non-hydrogen) atoms. The molecule has 22 aromatic rings. The summed E-state index contributed by atoms with van der Waals surface area (Å²) in [4.78, 5) is 4.56. The van der Waals surface area contributed by atoms with Crippen molar-refractivity contribution in [1.82, 2.24) is 13.7 Å². The number of benzene rings is 19. The summed E-state index contributed by atoms with van der Waals surface area (Å²) in [5.74, 6) is 41.5. The summed E-state index contributed by atoms with van der Waals surface area (Å²) in [5, 5.41) is 7.18. The predicted molar refractivity (Wildman–Crippen MR) is 671 cm³/mol. The number of hydrogen-bond acceptors (Lipinski definition) is 2. The molecule has 5 heteroatoms. The summed E-state index contributed by atoms with van der Waals surface area (Å²) >= 11 is 0. The van der Waals surface area contributed by atoms with Crippen molar-refractivity contribution in [3.05, 3.63) is 486 Å².